The number of piperidine rings is 1. The summed E-state index contributed by atoms with van der Waals surface area (Å²) in [5.41, 5.74) is 4.44. The van der Waals surface area contributed by atoms with Crippen LogP contribution >= 0.6 is 13.5 Å². The van der Waals surface area contributed by atoms with E-state index in [1.165, 1.54) is 23.1 Å². The zero-order valence-electron chi connectivity index (χ0n) is 25.5. The predicted molar refractivity (Wildman–Crippen MR) is 176 cm³/mol. The Labute approximate surface area is 271 Å². The number of rotatable bonds is 13. The van der Waals surface area contributed by atoms with Crippen LogP contribution in [-0.2, 0) is 26.1 Å². The minimum Gasteiger partial charge on any atom is -0.490 e. The van der Waals surface area contributed by atoms with Gasteiger partial charge >= 0.3 is 0 Å². The van der Waals surface area contributed by atoms with Crippen molar-refractivity contribution in [2.24, 2.45) is 0 Å². The van der Waals surface area contributed by atoms with Gasteiger partial charge < -0.3 is 19.0 Å². The van der Waals surface area contributed by atoms with Crippen LogP contribution in [0.25, 0.3) is 0 Å². The fourth-order valence-corrected chi connectivity index (χ4v) is 5.98. The van der Waals surface area contributed by atoms with E-state index in [2.05, 4.69) is 44.0 Å². The molecule has 2 aliphatic rings. The van der Waals surface area contributed by atoms with Crippen LogP contribution in [-0.4, -0.2) is 69.0 Å². The summed E-state index contributed by atoms with van der Waals surface area (Å²) < 4.78 is 17.3. The molecular formula is C35H42N4O5S. The molecule has 6 rings (SSSR count). The molecule has 1 saturated heterocycles. The summed E-state index contributed by atoms with van der Waals surface area (Å²) in [5.74, 6) is 2.34. The quantitative estimate of drug-likeness (QED) is 0.200. The van der Waals surface area contributed by atoms with Gasteiger partial charge in [0.1, 0.15) is 24.2 Å². The zero-order chi connectivity index (χ0) is 30.1. The standard InChI is InChI=1S/C35H40N4O5.H2S/c40-30(23-39-16-11-28-19-33(7-3-29(28)22-39)42-24-34-20-37-25-43-34)4-8-35(41)27-1-5-31(6-2-27)44-32-12-17-38(18-13-32)21-26-9-14-36-15-10-26;/h1-3,5-7,9-10,14-15,19-20,25,30,32,40H,4,8,11-13,16-18,21-24H2;1H2/t30-;/m0./s1. The van der Waals surface area contributed by atoms with Crippen LogP contribution in [0.4, 0.5) is 0 Å². The predicted octanol–water partition coefficient (Wildman–Crippen LogP) is 5.19. The van der Waals surface area contributed by atoms with Gasteiger partial charge in [-0.25, -0.2) is 4.98 Å². The average molecular weight is 631 g/mol. The lowest BCUT2D eigenvalue weighted by Crippen LogP contribution is -2.37. The molecule has 0 bridgehead atoms. The molecule has 2 aromatic carbocycles. The van der Waals surface area contributed by atoms with Crippen molar-refractivity contribution < 1.29 is 23.8 Å². The molecule has 0 unspecified atom stereocenters. The normalized spacial score (nSPS) is 16.4. The lowest BCUT2D eigenvalue weighted by molar-refractivity contribution is 0.0836. The number of aliphatic hydroxyl groups excluding tert-OH is 1. The summed E-state index contributed by atoms with van der Waals surface area (Å²) in [6.07, 6.45) is 9.95. The Morgan fingerprint density at radius 3 is 2.49 bits per heavy atom. The number of aliphatic hydroxyl groups is 1. The van der Waals surface area contributed by atoms with Crippen LogP contribution in [0.1, 0.15) is 58.5 Å². The fraction of sp³-hybridized carbons (Fsp3) is 0.400. The summed E-state index contributed by atoms with van der Waals surface area (Å²) in [4.78, 5) is 25.6. The van der Waals surface area contributed by atoms with Gasteiger partial charge in [0.25, 0.3) is 0 Å². The van der Waals surface area contributed by atoms with Crippen LogP contribution in [0, 0.1) is 0 Å². The number of hydrogen-bond donors (Lipinski definition) is 1. The van der Waals surface area contributed by atoms with Gasteiger partial charge in [-0.2, -0.15) is 13.5 Å². The number of nitrogens with zero attached hydrogens (tertiary/aromatic N) is 4. The molecule has 0 spiro atoms. The Hall–Kier alpha value is -3.70. The minimum atomic E-state index is -0.558. The lowest BCUT2D eigenvalue weighted by atomic mass is 9.98. The molecule has 45 heavy (non-hydrogen) atoms. The number of oxazole rings is 1. The highest BCUT2D eigenvalue weighted by Crippen LogP contribution is 2.25. The number of fused-ring (bicyclic) bond motifs is 1. The van der Waals surface area contributed by atoms with E-state index in [4.69, 9.17) is 13.9 Å². The number of carbonyl (C=O) groups excluding carboxylic acids is 1. The molecular weight excluding hydrogens is 588 g/mol. The number of carbonyl (C=O) groups is 1. The third-order valence-electron chi connectivity index (χ3n) is 8.48. The summed E-state index contributed by atoms with van der Waals surface area (Å²) >= 11 is 0. The number of benzene rings is 2. The molecule has 0 radical (unpaired) electrons. The minimum absolute atomic E-state index is 0. The first kappa shape index (κ1) is 32.7. The number of pyridine rings is 1. The smallest absolute Gasteiger partial charge is 0.181 e. The van der Waals surface area contributed by atoms with Gasteiger partial charge in [0.05, 0.1) is 12.3 Å². The molecule has 9 nitrogen and oxygen atoms in total. The second-order valence-corrected chi connectivity index (χ2v) is 11.8. The maximum atomic E-state index is 12.9. The van der Waals surface area contributed by atoms with E-state index >= 15 is 0 Å². The number of likely N-dealkylation sites (tertiary alicyclic amines) is 1. The van der Waals surface area contributed by atoms with Crippen molar-refractivity contribution in [2.45, 2.75) is 64.0 Å². The maximum absolute atomic E-state index is 12.9. The van der Waals surface area contributed by atoms with Gasteiger partial charge in [-0.05, 0) is 90.9 Å². The monoisotopic (exact) mass is 630 g/mol. The third kappa shape index (κ3) is 9.40. The number of Topliss-reactive ketones (excluding diaryl/α,β-unsaturated/α-hetero) is 1. The van der Waals surface area contributed by atoms with Crippen LogP contribution < -0.4 is 9.47 Å². The molecule has 0 amide bonds. The summed E-state index contributed by atoms with van der Waals surface area (Å²) in [5, 5.41) is 10.7. The number of hydrogen-bond acceptors (Lipinski definition) is 9. The zero-order valence-corrected chi connectivity index (χ0v) is 26.5. The molecule has 1 N–H and O–H groups in total. The van der Waals surface area contributed by atoms with Crippen LogP contribution in [0.15, 0.2) is 84.0 Å². The number of β-amino-alcohol motifs (C(OH)–C–C–N with tert-alkyl or cyclic N) is 1. The van der Waals surface area contributed by atoms with E-state index in [0.29, 0.717) is 37.3 Å². The van der Waals surface area contributed by atoms with Crippen molar-refractivity contribution in [3.05, 3.63) is 108 Å². The second-order valence-electron chi connectivity index (χ2n) is 11.8. The van der Waals surface area contributed by atoms with E-state index in [9.17, 15) is 9.90 Å². The van der Waals surface area contributed by atoms with Gasteiger partial charge in [-0.3, -0.25) is 19.6 Å². The Morgan fingerprint density at radius 1 is 0.956 bits per heavy atom. The first-order chi connectivity index (χ1) is 21.6. The lowest BCUT2D eigenvalue weighted by Gasteiger charge is -2.32. The van der Waals surface area contributed by atoms with Crippen LogP contribution in [0.3, 0.4) is 0 Å². The molecule has 1 fully saturated rings. The van der Waals surface area contributed by atoms with Crippen LogP contribution in [0.2, 0.25) is 0 Å². The number of aromatic nitrogens is 2. The van der Waals surface area contributed by atoms with Crippen LogP contribution in [0.5, 0.6) is 11.5 Å². The molecule has 1 atom stereocenters. The van der Waals surface area contributed by atoms with Gasteiger partial charge in [0.15, 0.2) is 17.9 Å². The maximum Gasteiger partial charge on any atom is 0.181 e. The first-order valence-electron chi connectivity index (χ1n) is 15.5. The highest BCUT2D eigenvalue weighted by Gasteiger charge is 2.22. The number of ether oxygens (including phenoxy) is 2. The average Bonchev–Trinajstić information content (AvgIpc) is 3.58. The Balaban J connectivity index is 0.00000400. The van der Waals surface area contributed by atoms with Crippen molar-refractivity contribution in [3.8, 4) is 11.5 Å². The molecule has 2 aliphatic heterocycles. The summed E-state index contributed by atoms with van der Waals surface area (Å²) in [6, 6.07) is 17.7. The van der Waals surface area contributed by atoms with Crippen molar-refractivity contribution in [1.29, 1.82) is 0 Å². The molecule has 10 heteroatoms. The molecule has 238 valence electrons. The topological polar surface area (TPSA) is 101 Å². The summed E-state index contributed by atoms with van der Waals surface area (Å²) in [6.45, 7) is 5.46. The Kier molecular flexibility index (Phi) is 11.6. The fourth-order valence-electron chi connectivity index (χ4n) is 5.98. The molecule has 0 saturated carbocycles. The van der Waals surface area contributed by atoms with Gasteiger partial charge in [0.2, 0.25) is 0 Å². The summed E-state index contributed by atoms with van der Waals surface area (Å²) in [7, 11) is 0. The van der Waals surface area contributed by atoms with Gasteiger partial charge in [-0.15, -0.1) is 0 Å². The Morgan fingerprint density at radius 2 is 1.73 bits per heavy atom. The first-order valence-corrected chi connectivity index (χ1v) is 15.5. The van der Waals surface area contributed by atoms with Crippen molar-refractivity contribution in [3.63, 3.8) is 0 Å². The SMILES string of the molecule is O=C(CC[C@H](O)CN1CCc2cc(OCc3cnco3)ccc2C1)c1ccc(OC2CCN(Cc3ccncc3)CC2)cc1.S. The van der Waals surface area contributed by atoms with Gasteiger partial charge in [0, 0.05) is 63.6 Å². The number of ketones is 1. The molecule has 4 aromatic rings. The molecule has 0 aliphatic carbocycles. The highest BCUT2D eigenvalue weighted by atomic mass is 32.1. The van der Waals surface area contributed by atoms with E-state index < -0.39 is 6.10 Å². The largest absolute Gasteiger partial charge is 0.490 e. The van der Waals surface area contributed by atoms with Crippen molar-refractivity contribution >= 4 is 19.3 Å². The van der Waals surface area contributed by atoms with E-state index in [0.717, 1.165) is 63.5 Å². The van der Waals surface area contributed by atoms with E-state index in [-0.39, 0.29) is 25.4 Å². The van der Waals surface area contributed by atoms with Gasteiger partial charge in [-0.1, -0.05) is 6.07 Å². The highest BCUT2D eigenvalue weighted by molar-refractivity contribution is 7.59. The Bertz CT molecular complexity index is 1480. The van der Waals surface area contributed by atoms with E-state index in [1.54, 1.807) is 6.20 Å². The molecule has 4 heterocycles. The van der Waals surface area contributed by atoms with Crippen molar-refractivity contribution in [2.75, 3.05) is 26.2 Å². The third-order valence-corrected chi connectivity index (χ3v) is 8.48. The van der Waals surface area contributed by atoms with Crippen molar-refractivity contribution in [1.82, 2.24) is 19.8 Å². The van der Waals surface area contributed by atoms with E-state index in [1.807, 2.05) is 42.7 Å². The second kappa shape index (κ2) is 16.0. The molecule has 2 aromatic heterocycles.